The zero-order chi connectivity index (χ0) is 16.1. The van der Waals surface area contributed by atoms with Crippen molar-refractivity contribution in [3.8, 4) is 0 Å². The van der Waals surface area contributed by atoms with Crippen LogP contribution in [0.5, 0.6) is 0 Å². The van der Waals surface area contributed by atoms with Crippen LogP contribution < -0.4 is 10.9 Å². The predicted molar refractivity (Wildman–Crippen MR) is 90.9 cm³/mol. The number of aryl methyl sites for hydroxylation is 1. The molecule has 0 saturated heterocycles. The van der Waals surface area contributed by atoms with Crippen molar-refractivity contribution in [1.29, 1.82) is 0 Å². The van der Waals surface area contributed by atoms with Crippen molar-refractivity contribution < 1.29 is 9.59 Å². The fourth-order valence-corrected chi connectivity index (χ4v) is 3.10. The number of hydrogen-bond acceptors (Lipinski definition) is 3. The molecule has 0 spiro atoms. The van der Waals surface area contributed by atoms with Crippen molar-refractivity contribution in [2.24, 2.45) is 0 Å². The Morgan fingerprint density at radius 1 is 1.04 bits per heavy atom. The number of para-hydroxylation sites is 1. The Kier molecular flexibility index (Phi) is 4.73. The highest BCUT2D eigenvalue weighted by molar-refractivity contribution is 7.09. The van der Waals surface area contributed by atoms with E-state index in [0.717, 1.165) is 21.3 Å². The maximum Gasteiger partial charge on any atom is 0.242 e. The minimum absolute atomic E-state index is 0.189. The van der Waals surface area contributed by atoms with Gasteiger partial charge < -0.3 is 4.98 Å². The van der Waals surface area contributed by atoms with E-state index in [4.69, 9.17) is 0 Å². The average Bonchev–Trinajstić information content (AvgIpc) is 3.21. The van der Waals surface area contributed by atoms with Gasteiger partial charge >= 0.3 is 0 Å². The molecule has 2 heterocycles. The summed E-state index contributed by atoms with van der Waals surface area (Å²) < 4.78 is 0. The summed E-state index contributed by atoms with van der Waals surface area (Å²) in [5.74, 6) is -0.426. The van der Waals surface area contributed by atoms with E-state index in [9.17, 15) is 9.59 Å². The van der Waals surface area contributed by atoms with Gasteiger partial charge in [0.2, 0.25) is 11.8 Å². The number of amides is 2. The number of fused-ring (bicyclic) bond motifs is 1. The highest BCUT2D eigenvalue weighted by Gasteiger charge is 2.09. The first-order valence-corrected chi connectivity index (χ1v) is 8.25. The van der Waals surface area contributed by atoms with E-state index in [0.29, 0.717) is 12.8 Å². The number of H-pyrrole nitrogens is 1. The molecule has 2 amide bonds. The van der Waals surface area contributed by atoms with Gasteiger partial charge in [-0.2, -0.15) is 0 Å². The predicted octanol–water partition coefficient (Wildman–Crippen LogP) is 2.55. The van der Waals surface area contributed by atoms with E-state index in [1.54, 1.807) is 11.3 Å². The van der Waals surface area contributed by atoms with Crippen LogP contribution in [0.4, 0.5) is 0 Å². The maximum absolute atomic E-state index is 12.0. The highest BCUT2D eigenvalue weighted by atomic mass is 32.1. The molecule has 0 atom stereocenters. The molecule has 3 aromatic rings. The number of rotatable bonds is 5. The molecule has 0 radical (unpaired) electrons. The number of hydrogen-bond donors (Lipinski definition) is 3. The normalized spacial score (nSPS) is 10.6. The molecule has 3 N–H and O–H groups in total. The fourth-order valence-electron chi connectivity index (χ4n) is 2.39. The first kappa shape index (κ1) is 15.3. The second-order valence-electron chi connectivity index (χ2n) is 5.21. The van der Waals surface area contributed by atoms with Crippen LogP contribution in [-0.2, 0) is 22.4 Å². The van der Waals surface area contributed by atoms with Crippen LogP contribution in [-0.4, -0.2) is 16.8 Å². The van der Waals surface area contributed by atoms with Crippen molar-refractivity contribution in [3.05, 3.63) is 58.4 Å². The molecule has 23 heavy (non-hydrogen) atoms. The van der Waals surface area contributed by atoms with Crippen LogP contribution in [0.2, 0.25) is 0 Å². The lowest BCUT2D eigenvalue weighted by atomic mass is 10.1. The Bertz CT molecular complexity index is 808. The molecule has 2 aromatic heterocycles. The van der Waals surface area contributed by atoms with Gasteiger partial charge in [-0.05, 0) is 29.5 Å². The SMILES string of the molecule is O=C(CCc1cccs1)NNC(=O)Cc1c[nH]c2ccccc12. The van der Waals surface area contributed by atoms with Crippen molar-refractivity contribution in [1.82, 2.24) is 15.8 Å². The van der Waals surface area contributed by atoms with Gasteiger partial charge in [0.15, 0.2) is 0 Å². The van der Waals surface area contributed by atoms with Gasteiger partial charge in [-0.15, -0.1) is 11.3 Å². The summed E-state index contributed by atoms with van der Waals surface area (Å²) in [6, 6.07) is 11.8. The number of benzene rings is 1. The Balaban J connectivity index is 1.47. The molecule has 6 heteroatoms. The second-order valence-corrected chi connectivity index (χ2v) is 6.24. The van der Waals surface area contributed by atoms with E-state index in [2.05, 4.69) is 15.8 Å². The molecule has 0 aliphatic rings. The number of carbonyl (C=O) groups is 2. The van der Waals surface area contributed by atoms with Crippen molar-refractivity contribution in [3.63, 3.8) is 0 Å². The summed E-state index contributed by atoms with van der Waals surface area (Å²) in [5.41, 5.74) is 6.83. The molecular formula is C17H17N3O2S. The third-order valence-electron chi connectivity index (χ3n) is 3.55. The molecule has 0 fully saturated rings. The zero-order valence-electron chi connectivity index (χ0n) is 12.5. The monoisotopic (exact) mass is 327 g/mol. The number of aromatic nitrogens is 1. The van der Waals surface area contributed by atoms with E-state index in [-0.39, 0.29) is 18.2 Å². The molecule has 0 unspecified atom stereocenters. The van der Waals surface area contributed by atoms with Crippen LogP contribution >= 0.6 is 11.3 Å². The summed E-state index contributed by atoms with van der Waals surface area (Å²) in [6.07, 6.45) is 3.08. The van der Waals surface area contributed by atoms with Crippen molar-refractivity contribution in [2.45, 2.75) is 19.3 Å². The molecular weight excluding hydrogens is 310 g/mol. The minimum atomic E-state index is -0.237. The Morgan fingerprint density at radius 3 is 2.70 bits per heavy atom. The fraction of sp³-hybridized carbons (Fsp3) is 0.176. The van der Waals surface area contributed by atoms with Crippen LogP contribution in [0.15, 0.2) is 48.0 Å². The molecule has 0 aliphatic carbocycles. The van der Waals surface area contributed by atoms with Gasteiger partial charge in [-0.3, -0.25) is 20.4 Å². The molecule has 118 valence electrons. The van der Waals surface area contributed by atoms with E-state index in [1.807, 2.05) is 48.0 Å². The summed E-state index contributed by atoms with van der Waals surface area (Å²) in [7, 11) is 0. The first-order chi connectivity index (χ1) is 11.2. The van der Waals surface area contributed by atoms with Crippen LogP contribution in [0.3, 0.4) is 0 Å². The minimum Gasteiger partial charge on any atom is -0.361 e. The van der Waals surface area contributed by atoms with Crippen LogP contribution in [0, 0.1) is 0 Å². The van der Waals surface area contributed by atoms with E-state index >= 15 is 0 Å². The largest absolute Gasteiger partial charge is 0.361 e. The topological polar surface area (TPSA) is 74.0 Å². The number of nitrogens with one attached hydrogen (secondary N) is 3. The molecule has 0 aliphatic heterocycles. The Labute approximate surface area is 137 Å². The summed E-state index contributed by atoms with van der Waals surface area (Å²) >= 11 is 1.62. The number of hydrazine groups is 1. The Morgan fingerprint density at radius 2 is 1.87 bits per heavy atom. The van der Waals surface area contributed by atoms with Gasteiger partial charge in [0, 0.05) is 28.4 Å². The lowest BCUT2D eigenvalue weighted by Crippen LogP contribution is -2.42. The molecule has 0 saturated carbocycles. The van der Waals surface area contributed by atoms with Gasteiger partial charge in [0.05, 0.1) is 6.42 Å². The molecule has 3 rings (SSSR count). The second kappa shape index (κ2) is 7.11. The van der Waals surface area contributed by atoms with E-state index in [1.165, 1.54) is 0 Å². The van der Waals surface area contributed by atoms with Gasteiger partial charge in [0.1, 0.15) is 0 Å². The zero-order valence-corrected chi connectivity index (χ0v) is 13.3. The van der Waals surface area contributed by atoms with Crippen molar-refractivity contribution in [2.75, 3.05) is 0 Å². The third-order valence-corrected chi connectivity index (χ3v) is 4.48. The van der Waals surface area contributed by atoms with Crippen LogP contribution in [0.1, 0.15) is 16.9 Å². The molecule has 1 aromatic carbocycles. The number of aromatic amines is 1. The number of carbonyl (C=O) groups excluding carboxylic acids is 2. The molecule has 5 nitrogen and oxygen atoms in total. The smallest absolute Gasteiger partial charge is 0.242 e. The average molecular weight is 327 g/mol. The standard InChI is InChI=1S/C17H17N3O2S/c21-16(8-7-13-4-3-9-23-13)19-20-17(22)10-12-11-18-15-6-2-1-5-14(12)15/h1-6,9,11,18H,7-8,10H2,(H,19,21)(H,20,22). The van der Waals surface area contributed by atoms with E-state index < -0.39 is 0 Å². The summed E-state index contributed by atoms with van der Waals surface area (Å²) in [6.45, 7) is 0. The number of thiophene rings is 1. The first-order valence-electron chi connectivity index (χ1n) is 7.37. The van der Waals surface area contributed by atoms with Gasteiger partial charge in [-0.1, -0.05) is 24.3 Å². The van der Waals surface area contributed by atoms with Crippen molar-refractivity contribution >= 4 is 34.1 Å². The van der Waals surface area contributed by atoms with Gasteiger partial charge in [0.25, 0.3) is 0 Å². The summed E-state index contributed by atoms with van der Waals surface area (Å²) in [5, 5.41) is 3.00. The highest BCUT2D eigenvalue weighted by Crippen LogP contribution is 2.17. The maximum atomic E-state index is 12.0. The Hall–Kier alpha value is -2.60. The van der Waals surface area contributed by atoms with Gasteiger partial charge in [-0.25, -0.2) is 0 Å². The summed E-state index contributed by atoms with van der Waals surface area (Å²) in [4.78, 5) is 28.0. The van der Waals surface area contributed by atoms with Crippen LogP contribution in [0.25, 0.3) is 10.9 Å². The quantitative estimate of drug-likeness (QED) is 0.630. The third kappa shape index (κ3) is 3.98. The molecule has 0 bridgehead atoms. The lowest BCUT2D eigenvalue weighted by molar-refractivity contribution is -0.128. The lowest BCUT2D eigenvalue weighted by Gasteiger charge is -2.06.